The Morgan fingerprint density at radius 3 is 2.47 bits per heavy atom. The summed E-state index contributed by atoms with van der Waals surface area (Å²) in [7, 11) is 0. The molecule has 0 rings (SSSR count). The smallest absolute Gasteiger partial charge is 0.356 e. The summed E-state index contributed by atoms with van der Waals surface area (Å²) >= 11 is 0. The summed E-state index contributed by atoms with van der Waals surface area (Å²) in [6, 6.07) is 0. The van der Waals surface area contributed by atoms with Crippen LogP contribution in [-0.4, -0.2) is 25.2 Å². The maximum absolute atomic E-state index is 11.9. The molecular formula is C11H21F3N2O. The van der Waals surface area contributed by atoms with Crippen molar-refractivity contribution < 1.29 is 18.0 Å². The molecule has 1 atom stereocenters. The van der Waals surface area contributed by atoms with Crippen LogP contribution in [0.1, 0.15) is 39.0 Å². The molecule has 0 radical (unpaired) electrons. The normalized spacial score (nSPS) is 13.5. The van der Waals surface area contributed by atoms with Gasteiger partial charge in [-0.25, -0.2) is 0 Å². The summed E-state index contributed by atoms with van der Waals surface area (Å²) in [5.41, 5.74) is 5.42. The maximum Gasteiger partial charge on any atom is 0.389 e. The van der Waals surface area contributed by atoms with Crippen molar-refractivity contribution >= 4 is 5.91 Å². The predicted octanol–water partition coefficient (Wildman–Crippen LogP) is 2.21. The lowest BCUT2D eigenvalue weighted by Gasteiger charge is -2.16. The van der Waals surface area contributed by atoms with Crippen LogP contribution in [0.3, 0.4) is 0 Å². The van der Waals surface area contributed by atoms with E-state index < -0.39 is 24.9 Å². The Hall–Kier alpha value is -0.780. The topological polar surface area (TPSA) is 55.1 Å². The van der Waals surface area contributed by atoms with Crippen LogP contribution in [-0.2, 0) is 4.79 Å². The Balaban J connectivity index is 3.79. The summed E-state index contributed by atoms with van der Waals surface area (Å²) in [5, 5.41) is 2.53. The van der Waals surface area contributed by atoms with Crippen LogP contribution in [0.2, 0.25) is 0 Å². The highest BCUT2D eigenvalue weighted by Crippen LogP contribution is 2.21. The fourth-order valence-electron chi connectivity index (χ4n) is 1.59. The molecule has 1 unspecified atom stereocenters. The summed E-state index contributed by atoms with van der Waals surface area (Å²) in [6.45, 7) is 2.97. The highest BCUT2D eigenvalue weighted by molar-refractivity contribution is 5.75. The van der Waals surface area contributed by atoms with Crippen LogP contribution in [0.25, 0.3) is 0 Å². The molecule has 17 heavy (non-hydrogen) atoms. The molecule has 0 aromatic carbocycles. The van der Waals surface area contributed by atoms with E-state index in [-0.39, 0.29) is 5.92 Å². The number of rotatable bonds is 8. The molecule has 0 saturated carbocycles. The average molecular weight is 254 g/mol. The van der Waals surface area contributed by atoms with Gasteiger partial charge in [0.05, 0.1) is 6.42 Å². The van der Waals surface area contributed by atoms with E-state index in [2.05, 4.69) is 5.32 Å². The Morgan fingerprint density at radius 2 is 2.00 bits per heavy atom. The SMILES string of the molecule is CCCC(CCN)CNC(=O)CCC(F)(F)F. The van der Waals surface area contributed by atoms with Crippen LogP contribution in [0.5, 0.6) is 0 Å². The van der Waals surface area contributed by atoms with Gasteiger partial charge in [0.2, 0.25) is 5.91 Å². The van der Waals surface area contributed by atoms with Crippen molar-refractivity contribution in [2.75, 3.05) is 13.1 Å². The lowest BCUT2D eigenvalue weighted by atomic mass is 10.00. The summed E-state index contributed by atoms with van der Waals surface area (Å²) in [6.07, 6.45) is -3.14. The summed E-state index contributed by atoms with van der Waals surface area (Å²) < 4.78 is 35.6. The highest BCUT2D eigenvalue weighted by Gasteiger charge is 2.27. The van der Waals surface area contributed by atoms with E-state index in [9.17, 15) is 18.0 Å². The van der Waals surface area contributed by atoms with E-state index in [1.807, 2.05) is 6.92 Å². The second-order valence-corrected chi connectivity index (χ2v) is 4.15. The Kier molecular flexibility index (Phi) is 7.95. The number of amides is 1. The van der Waals surface area contributed by atoms with Crippen molar-refractivity contribution in [3.8, 4) is 0 Å². The third-order valence-corrected chi connectivity index (χ3v) is 2.50. The number of alkyl halides is 3. The Bertz CT molecular complexity index is 213. The first-order chi connectivity index (χ1) is 7.89. The van der Waals surface area contributed by atoms with Gasteiger partial charge in [-0.15, -0.1) is 0 Å². The highest BCUT2D eigenvalue weighted by atomic mass is 19.4. The molecule has 6 heteroatoms. The molecule has 3 N–H and O–H groups in total. The van der Waals surface area contributed by atoms with Gasteiger partial charge in [-0.1, -0.05) is 13.3 Å². The quantitative estimate of drug-likeness (QED) is 0.697. The molecule has 0 fully saturated rings. The van der Waals surface area contributed by atoms with Gasteiger partial charge in [0, 0.05) is 13.0 Å². The summed E-state index contributed by atoms with van der Waals surface area (Å²) in [4.78, 5) is 11.2. The lowest BCUT2D eigenvalue weighted by molar-refractivity contribution is -0.144. The fourth-order valence-corrected chi connectivity index (χ4v) is 1.59. The van der Waals surface area contributed by atoms with Crippen LogP contribution in [0.15, 0.2) is 0 Å². The largest absolute Gasteiger partial charge is 0.389 e. The molecule has 0 bridgehead atoms. The van der Waals surface area contributed by atoms with Crippen LogP contribution in [0.4, 0.5) is 13.2 Å². The zero-order valence-corrected chi connectivity index (χ0v) is 10.1. The zero-order chi connectivity index (χ0) is 13.3. The number of nitrogens with two attached hydrogens (primary N) is 1. The van der Waals surface area contributed by atoms with Crippen LogP contribution in [0, 0.1) is 5.92 Å². The monoisotopic (exact) mass is 254 g/mol. The van der Waals surface area contributed by atoms with Gasteiger partial charge in [-0.3, -0.25) is 4.79 Å². The Labute approximate surface area is 99.9 Å². The molecule has 0 aliphatic rings. The third-order valence-electron chi connectivity index (χ3n) is 2.50. The zero-order valence-electron chi connectivity index (χ0n) is 10.1. The standard InChI is InChI=1S/C11H21F3N2O/c1-2-3-9(5-7-15)8-16-10(17)4-6-11(12,13)14/h9H,2-8,15H2,1H3,(H,16,17). The molecule has 0 aliphatic heterocycles. The first kappa shape index (κ1) is 16.2. The number of halogens is 3. The number of hydrogen-bond donors (Lipinski definition) is 2. The minimum absolute atomic E-state index is 0.264. The minimum atomic E-state index is -4.27. The van der Waals surface area contributed by atoms with Gasteiger partial charge in [0.15, 0.2) is 0 Å². The maximum atomic E-state index is 11.9. The van der Waals surface area contributed by atoms with Crippen molar-refractivity contribution in [1.82, 2.24) is 5.32 Å². The predicted molar refractivity (Wildman–Crippen MR) is 60.4 cm³/mol. The van der Waals surface area contributed by atoms with Crippen molar-refractivity contribution in [3.63, 3.8) is 0 Å². The molecule has 102 valence electrons. The van der Waals surface area contributed by atoms with Gasteiger partial charge >= 0.3 is 6.18 Å². The molecule has 0 spiro atoms. The molecule has 0 aromatic rings. The average Bonchev–Trinajstić information content (AvgIpc) is 2.23. The van der Waals surface area contributed by atoms with Crippen molar-refractivity contribution in [2.45, 2.75) is 45.2 Å². The van der Waals surface area contributed by atoms with Crippen molar-refractivity contribution in [2.24, 2.45) is 11.7 Å². The van der Waals surface area contributed by atoms with E-state index in [1.54, 1.807) is 0 Å². The van der Waals surface area contributed by atoms with E-state index in [1.165, 1.54) is 0 Å². The van der Waals surface area contributed by atoms with E-state index in [4.69, 9.17) is 5.73 Å². The van der Waals surface area contributed by atoms with Gasteiger partial charge in [-0.05, 0) is 25.3 Å². The number of carbonyl (C=O) groups is 1. The van der Waals surface area contributed by atoms with Crippen LogP contribution >= 0.6 is 0 Å². The van der Waals surface area contributed by atoms with E-state index >= 15 is 0 Å². The van der Waals surface area contributed by atoms with Crippen LogP contribution < -0.4 is 11.1 Å². The van der Waals surface area contributed by atoms with Crippen molar-refractivity contribution in [3.05, 3.63) is 0 Å². The first-order valence-electron chi connectivity index (χ1n) is 5.92. The lowest BCUT2D eigenvalue weighted by Crippen LogP contribution is -2.31. The molecule has 3 nitrogen and oxygen atoms in total. The third kappa shape index (κ3) is 10.1. The first-order valence-corrected chi connectivity index (χ1v) is 5.92. The molecular weight excluding hydrogens is 233 g/mol. The minimum Gasteiger partial charge on any atom is -0.356 e. The summed E-state index contributed by atoms with van der Waals surface area (Å²) in [5.74, 6) is -0.278. The molecule has 1 amide bonds. The van der Waals surface area contributed by atoms with Gasteiger partial charge in [0.25, 0.3) is 0 Å². The Morgan fingerprint density at radius 1 is 1.35 bits per heavy atom. The second-order valence-electron chi connectivity index (χ2n) is 4.15. The number of hydrogen-bond acceptors (Lipinski definition) is 2. The number of carbonyl (C=O) groups excluding carboxylic acids is 1. The van der Waals surface area contributed by atoms with E-state index in [0.717, 1.165) is 19.3 Å². The molecule has 0 aromatic heterocycles. The van der Waals surface area contributed by atoms with Gasteiger partial charge in [0.1, 0.15) is 0 Å². The fraction of sp³-hybridized carbons (Fsp3) is 0.909. The van der Waals surface area contributed by atoms with E-state index in [0.29, 0.717) is 13.1 Å². The second kappa shape index (κ2) is 8.33. The van der Waals surface area contributed by atoms with Crippen molar-refractivity contribution in [1.29, 1.82) is 0 Å². The molecule has 0 heterocycles. The number of nitrogens with one attached hydrogen (secondary N) is 1. The van der Waals surface area contributed by atoms with Gasteiger partial charge in [-0.2, -0.15) is 13.2 Å². The molecule has 0 aliphatic carbocycles. The molecule has 0 saturated heterocycles. The van der Waals surface area contributed by atoms with Gasteiger partial charge < -0.3 is 11.1 Å².